The first kappa shape index (κ1) is 20.1. The summed E-state index contributed by atoms with van der Waals surface area (Å²) in [5.74, 6) is -1.71. The van der Waals surface area contributed by atoms with E-state index < -0.39 is 17.8 Å². The average molecular weight is 378 g/mol. The summed E-state index contributed by atoms with van der Waals surface area (Å²) in [5, 5.41) is 0.297. The minimum atomic E-state index is -0.648. The number of halogens is 2. The number of amides is 1. The summed E-state index contributed by atoms with van der Waals surface area (Å²) in [5.41, 5.74) is 0.000403. The van der Waals surface area contributed by atoms with Crippen molar-refractivity contribution in [2.45, 2.75) is 6.42 Å². The number of esters is 2. The number of hydrogen-bond acceptors (Lipinski definition) is 6. The predicted octanol–water partition coefficient (Wildman–Crippen LogP) is 2.18. The molecule has 0 N–H and O–H groups in total. The van der Waals surface area contributed by atoms with Gasteiger partial charge < -0.3 is 19.1 Å². The van der Waals surface area contributed by atoms with Crippen LogP contribution in [0.4, 0.5) is 0 Å². The molecule has 1 aromatic carbocycles. The zero-order chi connectivity index (χ0) is 18.3. The van der Waals surface area contributed by atoms with Gasteiger partial charge in [-0.3, -0.25) is 14.4 Å². The van der Waals surface area contributed by atoms with E-state index in [1.165, 1.54) is 33.5 Å². The summed E-state index contributed by atoms with van der Waals surface area (Å²) in [6.07, 6.45) is -0.0975. The van der Waals surface area contributed by atoms with Crippen LogP contribution in [0.25, 0.3) is 0 Å². The molecule has 1 aromatic rings. The van der Waals surface area contributed by atoms with Gasteiger partial charge in [0.05, 0.1) is 37.8 Å². The van der Waals surface area contributed by atoms with Crippen LogP contribution in [-0.4, -0.2) is 57.2 Å². The minimum Gasteiger partial charge on any atom is -0.494 e. The molecular formula is C15H17Cl2NO6. The fraction of sp³-hybridized carbons (Fsp3) is 0.400. The molecule has 0 aromatic heterocycles. The number of rotatable bonds is 7. The first-order valence-corrected chi connectivity index (χ1v) is 7.56. The van der Waals surface area contributed by atoms with Crippen molar-refractivity contribution in [3.05, 3.63) is 27.7 Å². The van der Waals surface area contributed by atoms with E-state index >= 15 is 0 Å². The van der Waals surface area contributed by atoms with Gasteiger partial charge in [0.25, 0.3) is 5.91 Å². The Morgan fingerprint density at radius 1 is 1.00 bits per heavy atom. The molecule has 0 heterocycles. The van der Waals surface area contributed by atoms with Crippen molar-refractivity contribution in [2.75, 3.05) is 34.4 Å². The van der Waals surface area contributed by atoms with Gasteiger partial charge in [0.15, 0.2) is 5.75 Å². The second kappa shape index (κ2) is 9.34. The highest BCUT2D eigenvalue weighted by atomic mass is 35.5. The van der Waals surface area contributed by atoms with Gasteiger partial charge in [0, 0.05) is 6.54 Å². The molecule has 0 bridgehead atoms. The number of hydrogen-bond donors (Lipinski definition) is 0. The maximum Gasteiger partial charge on any atom is 0.325 e. The lowest BCUT2D eigenvalue weighted by molar-refractivity contribution is -0.143. The van der Waals surface area contributed by atoms with E-state index in [-0.39, 0.29) is 40.9 Å². The molecule has 0 spiro atoms. The van der Waals surface area contributed by atoms with Crippen molar-refractivity contribution >= 4 is 41.0 Å². The van der Waals surface area contributed by atoms with Crippen molar-refractivity contribution < 1.29 is 28.6 Å². The Morgan fingerprint density at radius 2 is 1.58 bits per heavy atom. The van der Waals surface area contributed by atoms with Crippen molar-refractivity contribution in [3.63, 3.8) is 0 Å². The van der Waals surface area contributed by atoms with E-state index in [4.69, 9.17) is 27.9 Å². The summed E-state index contributed by atoms with van der Waals surface area (Å²) in [6, 6.07) is 2.93. The summed E-state index contributed by atoms with van der Waals surface area (Å²) in [7, 11) is 3.76. The van der Waals surface area contributed by atoms with Crippen LogP contribution in [0.3, 0.4) is 0 Å². The first-order valence-electron chi connectivity index (χ1n) is 6.80. The molecule has 0 radical (unpaired) electrons. The summed E-state index contributed by atoms with van der Waals surface area (Å²) in [6.45, 7) is -0.426. The fourth-order valence-electron chi connectivity index (χ4n) is 1.89. The third-order valence-electron chi connectivity index (χ3n) is 3.13. The largest absolute Gasteiger partial charge is 0.494 e. The van der Waals surface area contributed by atoms with Gasteiger partial charge in [-0.25, -0.2) is 0 Å². The zero-order valence-electron chi connectivity index (χ0n) is 13.4. The predicted molar refractivity (Wildman–Crippen MR) is 87.6 cm³/mol. The molecule has 7 nitrogen and oxygen atoms in total. The minimum absolute atomic E-state index is 0.000403. The molecule has 0 fully saturated rings. The Hall–Kier alpha value is -1.99. The molecule has 0 saturated heterocycles. The number of carbonyl (C=O) groups excluding carboxylic acids is 3. The normalized spacial score (nSPS) is 10.0. The molecule has 24 heavy (non-hydrogen) atoms. The smallest absolute Gasteiger partial charge is 0.325 e. The molecule has 0 aliphatic heterocycles. The highest BCUT2D eigenvalue weighted by Gasteiger charge is 2.26. The lowest BCUT2D eigenvalue weighted by Gasteiger charge is -2.23. The number of methoxy groups -OCH3 is 3. The third-order valence-corrected chi connectivity index (χ3v) is 3.74. The topological polar surface area (TPSA) is 82.1 Å². The van der Waals surface area contributed by atoms with Crippen LogP contribution < -0.4 is 4.74 Å². The van der Waals surface area contributed by atoms with E-state index in [1.54, 1.807) is 0 Å². The highest BCUT2D eigenvalue weighted by Crippen LogP contribution is 2.34. The summed E-state index contributed by atoms with van der Waals surface area (Å²) in [4.78, 5) is 36.8. The van der Waals surface area contributed by atoms with Gasteiger partial charge in [0.2, 0.25) is 0 Å². The molecule has 1 amide bonds. The molecule has 0 saturated carbocycles. The van der Waals surface area contributed by atoms with Crippen molar-refractivity contribution in [2.24, 2.45) is 0 Å². The van der Waals surface area contributed by atoms with Crippen LogP contribution in [0.15, 0.2) is 12.1 Å². The van der Waals surface area contributed by atoms with E-state index in [1.807, 2.05) is 0 Å². The van der Waals surface area contributed by atoms with E-state index in [2.05, 4.69) is 9.47 Å². The summed E-state index contributed by atoms with van der Waals surface area (Å²) >= 11 is 12.1. The van der Waals surface area contributed by atoms with E-state index in [0.29, 0.717) is 0 Å². The van der Waals surface area contributed by atoms with Crippen LogP contribution >= 0.6 is 23.2 Å². The molecule has 0 unspecified atom stereocenters. The summed E-state index contributed by atoms with van der Waals surface area (Å²) < 4.78 is 14.2. The van der Waals surface area contributed by atoms with Crippen LogP contribution in [-0.2, 0) is 19.1 Å². The van der Waals surface area contributed by atoms with E-state index in [0.717, 1.165) is 4.90 Å². The molecule has 0 atom stereocenters. The maximum atomic E-state index is 12.8. The quantitative estimate of drug-likeness (QED) is 0.677. The monoisotopic (exact) mass is 377 g/mol. The molecule has 0 aliphatic carbocycles. The van der Waals surface area contributed by atoms with Crippen molar-refractivity contribution in [1.82, 2.24) is 4.90 Å². The molecule has 1 rings (SSSR count). The number of benzene rings is 1. The molecule has 9 heteroatoms. The maximum absolute atomic E-state index is 12.8. The standard InChI is InChI=1S/C15H17Cl2NO6/c1-22-11(19)6-7-18(8-12(20)23-2)15(21)13-9(16)4-5-10(17)14(13)24-3/h4-5H,6-8H2,1-3H3. The number of carbonyl (C=O) groups is 3. The van der Waals surface area contributed by atoms with Crippen LogP contribution in [0, 0.1) is 0 Å². The molecule has 0 aliphatic rings. The first-order chi connectivity index (χ1) is 11.3. The lowest BCUT2D eigenvalue weighted by atomic mass is 10.1. The van der Waals surface area contributed by atoms with Crippen LogP contribution in [0.5, 0.6) is 5.75 Å². The van der Waals surface area contributed by atoms with Crippen LogP contribution in [0.2, 0.25) is 10.0 Å². The Kier molecular flexibility index (Phi) is 7.81. The van der Waals surface area contributed by atoms with Gasteiger partial charge in [-0.15, -0.1) is 0 Å². The molecular weight excluding hydrogens is 361 g/mol. The second-order valence-electron chi connectivity index (χ2n) is 4.57. The Labute approximate surface area is 149 Å². The Morgan fingerprint density at radius 3 is 2.12 bits per heavy atom. The Bertz CT molecular complexity index is 635. The van der Waals surface area contributed by atoms with Gasteiger partial charge in [0.1, 0.15) is 12.1 Å². The Balaban J connectivity index is 3.17. The molecule has 132 valence electrons. The van der Waals surface area contributed by atoms with Crippen molar-refractivity contribution in [3.8, 4) is 5.75 Å². The second-order valence-corrected chi connectivity index (χ2v) is 5.38. The van der Waals surface area contributed by atoms with Gasteiger partial charge >= 0.3 is 11.9 Å². The van der Waals surface area contributed by atoms with Gasteiger partial charge in [-0.1, -0.05) is 23.2 Å². The fourth-order valence-corrected chi connectivity index (χ4v) is 2.36. The number of ether oxygens (including phenoxy) is 3. The zero-order valence-corrected chi connectivity index (χ0v) is 14.9. The lowest BCUT2D eigenvalue weighted by Crippen LogP contribution is -2.38. The average Bonchev–Trinajstić information content (AvgIpc) is 2.58. The van der Waals surface area contributed by atoms with Crippen molar-refractivity contribution in [1.29, 1.82) is 0 Å². The SMILES string of the molecule is COC(=O)CCN(CC(=O)OC)C(=O)c1c(Cl)ccc(Cl)c1OC. The van der Waals surface area contributed by atoms with Gasteiger partial charge in [-0.05, 0) is 12.1 Å². The highest BCUT2D eigenvalue weighted by molar-refractivity contribution is 6.37. The van der Waals surface area contributed by atoms with E-state index in [9.17, 15) is 14.4 Å². The van der Waals surface area contributed by atoms with Gasteiger partial charge in [-0.2, -0.15) is 0 Å². The van der Waals surface area contributed by atoms with Crippen LogP contribution in [0.1, 0.15) is 16.8 Å². The third kappa shape index (κ3) is 5.01. The number of nitrogens with zero attached hydrogens (tertiary/aromatic N) is 1.